The molecular formula is C20H34N4O. The SMILES string of the molecule is CCNC(=NCC1CCCN(CC)C1)NCCC(O)c1ccccc1. The van der Waals surface area contributed by atoms with Crippen molar-refractivity contribution in [3.05, 3.63) is 35.9 Å². The Balaban J connectivity index is 1.77. The van der Waals surface area contributed by atoms with Crippen LogP contribution in [0.15, 0.2) is 35.3 Å². The van der Waals surface area contributed by atoms with Crippen molar-refractivity contribution in [3.8, 4) is 0 Å². The highest BCUT2D eigenvalue weighted by molar-refractivity contribution is 5.79. The zero-order chi connectivity index (χ0) is 17.9. The summed E-state index contributed by atoms with van der Waals surface area (Å²) < 4.78 is 0. The maximum atomic E-state index is 10.2. The maximum Gasteiger partial charge on any atom is 0.191 e. The number of aliphatic imine (C=N–C) groups is 1. The van der Waals surface area contributed by atoms with Gasteiger partial charge in [0.05, 0.1) is 6.10 Å². The van der Waals surface area contributed by atoms with Crippen LogP contribution in [0.4, 0.5) is 0 Å². The first-order valence-corrected chi connectivity index (χ1v) is 9.70. The van der Waals surface area contributed by atoms with Gasteiger partial charge in [-0.15, -0.1) is 0 Å². The first-order valence-electron chi connectivity index (χ1n) is 9.70. The number of hydrogen-bond acceptors (Lipinski definition) is 3. The first kappa shape index (κ1) is 19.7. The zero-order valence-electron chi connectivity index (χ0n) is 15.7. The Morgan fingerprint density at radius 1 is 1.28 bits per heavy atom. The molecule has 1 aromatic carbocycles. The molecule has 5 nitrogen and oxygen atoms in total. The molecule has 1 aliphatic rings. The predicted molar refractivity (Wildman–Crippen MR) is 105 cm³/mol. The molecular weight excluding hydrogens is 312 g/mol. The van der Waals surface area contributed by atoms with Gasteiger partial charge in [0.15, 0.2) is 5.96 Å². The van der Waals surface area contributed by atoms with Crippen LogP contribution in [0, 0.1) is 5.92 Å². The zero-order valence-corrected chi connectivity index (χ0v) is 15.7. The molecule has 0 aliphatic carbocycles. The Morgan fingerprint density at radius 2 is 2.08 bits per heavy atom. The van der Waals surface area contributed by atoms with Crippen LogP contribution >= 0.6 is 0 Å². The number of nitrogens with zero attached hydrogens (tertiary/aromatic N) is 2. The summed E-state index contributed by atoms with van der Waals surface area (Å²) in [5.41, 5.74) is 0.966. The average Bonchev–Trinajstić information content (AvgIpc) is 2.66. The second-order valence-corrected chi connectivity index (χ2v) is 6.76. The molecule has 0 spiro atoms. The molecule has 0 saturated carbocycles. The average molecular weight is 347 g/mol. The lowest BCUT2D eigenvalue weighted by molar-refractivity contribution is 0.168. The smallest absolute Gasteiger partial charge is 0.191 e. The molecule has 5 heteroatoms. The molecule has 1 aliphatic heterocycles. The van der Waals surface area contributed by atoms with Gasteiger partial charge in [-0.2, -0.15) is 0 Å². The highest BCUT2D eigenvalue weighted by Crippen LogP contribution is 2.16. The number of nitrogens with one attached hydrogen (secondary N) is 2. The van der Waals surface area contributed by atoms with E-state index < -0.39 is 6.10 Å². The minimum atomic E-state index is -0.437. The monoisotopic (exact) mass is 346 g/mol. The van der Waals surface area contributed by atoms with Gasteiger partial charge in [0.1, 0.15) is 0 Å². The minimum absolute atomic E-state index is 0.437. The topological polar surface area (TPSA) is 59.9 Å². The third kappa shape index (κ3) is 7.04. The third-order valence-corrected chi connectivity index (χ3v) is 4.80. The minimum Gasteiger partial charge on any atom is -0.388 e. The van der Waals surface area contributed by atoms with E-state index in [4.69, 9.17) is 4.99 Å². The van der Waals surface area contributed by atoms with E-state index in [1.807, 2.05) is 30.3 Å². The van der Waals surface area contributed by atoms with E-state index in [1.165, 1.54) is 19.4 Å². The molecule has 2 rings (SSSR count). The summed E-state index contributed by atoms with van der Waals surface area (Å²) in [5, 5.41) is 16.9. The van der Waals surface area contributed by atoms with Crippen LogP contribution in [0.5, 0.6) is 0 Å². The summed E-state index contributed by atoms with van der Waals surface area (Å²) in [5.74, 6) is 1.51. The van der Waals surface area contributed by atoms with Crippen molar-refractivity contribution in [3.63, 3.8) is 0 Å². The predicted octanol–water partition coefficient (Wildman–Crippen LogP) is 2.40. The molecule has 2 unspecified atom stereocenters. The quantitative estimate of drug-likeness (QED) is 0.500. The number of likely N-dealkylation sites (tertiary alicyclic amines) is 1. The van der Waals surface area contributed by atoms with E-state index in [2.05, 4.69) is 29.4 Å². The van der Waals surface area contributed by atoms with E-state index >= 15 is 0 Å². The number of guanidine groups is 1. The van der Waals surface area contributed by atoms with Crippen molar-refractivity contribution in [2.75, 3.05) is 39.3 Å². The molecule has 3 N–H and O–H groups in total. The standard InChI is InChI=1S/C20H34N4O/c1-3-21-20(23-15-17-9-8-14-24(4-2)16-17)22-13-12-19(25)18-10-6-5-7-11-18/h5-7,10-11,17,19,25H,3-4,8-9,12-16H2,1-2H3,(H2,21,22,23). The van der Waals surface area contributed by atoms with Crippen LogP contribution in [-0.2, 0) is 0 Å². The van der Waals surface area contributed by atoms with Gasteiger partial charge in [0.25, 0.3) is 0 Å². The van der Waals surface area contributed by atoms with Crippen LogP contribution < -0.4 is 10.6 Å². The van der Waals surface area contributed by atoms with E-state index in [0.717, 1.165) is 37.7 Å². The van der Waals surface area contributed by atoms with Gasteiger partial charge in [0.2, 0.25) is 0 Å². The number of hydrogen-bond donors (Lipinski definition) is 3. The Morgan fingerprint density at radius 3 is 2.80 bits per heavy atom. The fourth-order valence-electron chi connectivity index (χ4n) is 3.32. The largest absolute Gasteiger partial charge is 0.388 e. The van der Waals surface area contributed by atoms with Crippen molar-refractivity contribution >= 4 is 5.96 Å². The van der Waals surface area contributed by atoms with Gasteiger partial charge in [-0.05, 0) is 50.8 Å². The lowest BCUT2D eigenvalue weighted by Crippen LogP contribution is -2.40. The highest BCUT2D eigenvalue weighted by Gasteiger charge is 2.18. The molecule has 2 atom stereocenters. The number of aliphatic hydroxyl groups excluding tert-OH is 1. The summed E-state index contributed by atoms with van der Waals surface area (Å²) in [4.78, 5) is 7.28. The summed E-state index contributed by atoms with van der Waals surface area (Å²) in [6.45, 7) is 10.2. The van der Waals surface area contributed by atoms with Crippen molar-refractivity contribution in [2.24, 2.45) is 10.9 Å². The molecule has 1 aromatic rings. The Hall–Kier alpha value is -1.59. The second kappa shape index (κ2) is 11.1. The Labute approximate surface area is 152 Å². The van der Waals surface area contributed by atoms with Crippen molar-refractivity contribution in [2.45, 2.75) is 39.2 Å². The number of aliphatic hydroxyl groups is 1. The number of benzene rings is 1. The second-order valence-electron chi connectivity index (χ2n) is 6.76. The molecule has 0 bridgehead atoms. The molecule has 1 heterocycles. The van der Waals surface area contributed by atoms with Crippen molar-refractivity contribution in [1.29, 1.82) is 0 Å². The van der Waals surface area contributed by atoms with Gasteiger partial charge in [-0.3, -0.25) is 4.99 Å². The Kier molecular flexibility index (Phi) is 8.77. The molecule has 25 heavy (non-hydrogen) atoms. The van der Waals surface area contributed by atoms with Crippen LogP contribution in [0.25, 0.3) is 0 Å². The van der Waals surface area contributed by atoms with Gasteiger partial charge in [-0.1, -0.05) is 37.3 Å². The fourth-order valence-corrected chi connectivity index (χ4v) is 3.32. The summed E-state index contributed by atoms with van der Waals surface area (Å²) >= 11 is 0. The maximum absolute atomic E-state index is 10.2. The Bertz CT molecular complexity index is 506. The third-order valence-electron chi connectivity index (χ3n) is 4.80. The van der Waals surface area contributed by atoms with Crippen LogP contribution in [0.3, 0.4) is 0 Å². The van der Waals surface area contributed by atoms with Gasteiger partial charge < -0.3 is 20.6 Å². The molecule has 0 aromatic heterocycles. The van der Waals surface area contributed by atoms with Crippen LogP contribution in [0.1, 0.15) is 44.8 Å². The summed E-state index contributed by atoms with van der Waals surface area (Å²) in [6.07, 6.45) is 2.78. The summed E-state index contributed by atoms with van der Waals surface area (Å²) in [7, 11) is 0. The van der Waals surface area contributed by atoms with Gasteiger partial charge in [0, 0.05) is 26.2 Å². The van der Waals surface area contributed by atoms with E-state index in [1.54, 1.807) is 0 Å². The van der Waals surface area contributed by atoms with E-state index in [0.29, 0.717) is 18.9 Å². The lowest BCUT2D eigenvalue weighted by atomic mass is 9.98. The van der Waals surface area contributed by atoms with Gasteiger partial charge in [-0.25, -0.2) is 0 Å². The van der Waals surface area contributed by atoms with Crippen LogP contribution in [-0.4, -0.2) is 55.2 Å². The lowest BCUT2D eigenvalue weighted by Gasteiger charge is -2.31. The van der Waals surface area contributed by atoms with E-state index in [-0.39, 0.29) is 0 Å². The normalized spacial score (nSPS) is 20.3. The molecule has 0 amide bonds. The molecule has 0 radical (unpaired) electrons. The molecule has 140 valence electrons. The first-order chi connectivity index (χ1) is 12.2. The number of rotatable bonds is 8. The van der Waals surface area contributed by atoms with Crippen LogP contribution in [0.2, 0.25) is 0 Å². The number of piperidine rings is 1. The molecule has 1 fully saturated rings. The molecule has 1 saturated heterocycles. The van der Waals surface area contributed by atoms with Crippen molar-refractivity contribution in [1.82, 2.24) is 15.5 Å². The van der Waals surface area contributed by atoms with Crippen molar-refractivity contribution < 1.29 is 5.11 Å². The highest BCUT2D eigenvalue weighted by atomic mass is 16.3. The fraction of sp³-hybridized carbons (Fsp3) is 0.650. The van der Waals surface area contributed by atoms with E-state index in [9.17, 15) is 5.11 Å². The summed E-state index contributed by atoms with van der Waals surface area (Å²) in [6, 6.07) is 9.82. The van der Waals surface area contributed by atoms with Gasteiger partial charge >= 0.3 is 0 Å².